The molecule has 0 aliphatic carbocycles. The average Bonchev–Trinajstić information content (AvgIpc) is 2.99. The zero-order valence-electron chi connectivity index (χ0n) is 14.5. The second-order valence-corrected chi connectivity index (χ2v) is 6.39. The van der Waals surface area contributed by atoms with E-state index in [0.717, 1.165) is 54.5 Å². The summed E-state index contributed by atoms with van der Waals surface area (Å²) < 4.78 is 11.5. The fourth-order valence-electron chi connectivity index (χ4n) is 3.00. The fourth-order valence-corrected chi connectivity index (χ4v) is 3.00. The van der Waals surface area contributed by atoms with E-state index in [-0.39, 0.29) is 17.5 Å². The minimum absolute atomic E-state index is 0.160. The number of hydrogen-bond donors (Lipinski definition) is 3. The highest BCUT2D eigenvalue weighted by Gasteiger charge is 2.18. The van der Waals surface area contributed by atoms with E-state index in [1.54, 1.807) is 13.0 Å². The zero-order chi connectivity index (χ0) is 18.0. The second kappa shape index (κ2) is 7.11. The van der Waals surface area contributed by atoms with Crippen molar-refractivity contribution in [2.24, 2.45) is 5.73 Å². The molecule has 1 fully saturated rings. The van der Waals surface area contributed by atoms with Gasteiger partial charge in [0.25, 0.3) is 0 Å². The molecule has 3 rings (SSSR count). The van der Waals surface area contributed by atoms with E-state index < -0.39 is 0 Å². The molecule has 132 valence electrons. The van der Waals surface area contributed by atoms with Crippen molar-refractivity contribution in [1.82, 2.24) is 4.98 Å². The van der Waals surface area contributed by atoms with Gasteiger partial charge in [0.2, 0.25) is 5.78 Å². The minimum Gasteiger partial charge on any atom is -0.490 e. The second-order valence-electron chi connectivity index (χ2n) is 6.39. The summed E-state index contributed by atoms with van der Waals surface area (Å²) in [5.74, 6) is 0.536. The van der Waals surface area contributed by atoms with Crippen LogP contribution >= 0.6 is 0 Å². The van der Waals surface area contributed by atoms with Crippen molar-refractivity contribution in [1.29, 1.82) is 5.41 Å². The Bertz CT molecular complexity index is 841. The number of carbonyl (C=O) groups is 1. The van der Waals surface area contributed by atoms with Crippen LogP contribution in [0.4, 0.5) is 0 Å². The largest absolute Gasteiger partial charge is 0.490 e. The standard InChI is InChI=1S/C19H23N3O3/c1-11-7-13-8-17(19(23)15(10-20)12(2)21)22-16(13)9-18(11)25-14-3-5-24-6-4-14/h7-10,14,20,22H,3-6,21H2,1-2H3/b15-12-,20-10?. The molecule has 1 saturated heterocycles. The van der Waals surface area contributed by atoms with Gasteiger partial charge in [-0.2, -0.15) is 0 Å². The van der Waals surface area contributed by atoms with Crippen molar-refractivity contribution in [2.75, 3.05) is 13.2 Å². The summed E-state index contributed by atoms with van der Waals surface area (Å²) in [5.41, 5.74) is 8.49. The van der Waals surface area contributed by atoms with Crippen LogP contribution in [0, 0.1) is 12.3 Å². The summed E-state index contributed by atoms with van der Waals surface area (Å²) in [6.07, 6.45) is 2.92. The number of H-pyrrole nitrogens is 1. The lowest BCUT2D eigenvalue weighted by atomic mass is 10.1. The molecule has 0 saturated carbocycles. The molecule has 25 heavy (non-hydrogen) atoms. The molecular formula is C19H23N3O3. The Balaban J connectivity index is 1.91. The van der Waals surface area contributed by atoms with Crippen molar-refractivity contribution in [3.05, 3.63) is 40.7 Å². The molecule has 0 atom stereocenters. The van der Waals surface area contributed by atoms with Crippen LogP contribution in [-0.4, -0.2) is 36.3 Å². The van der Waals surface area contributed by atoms with E-state index in [9.17, 15) is 4.79 Å². The highest BCUT2D eigenvalue weighted by atomic mass is 16.5. The van der Waals surface area contributed by atoms with Crippen LogP contribution in [0.5, 0.6) is 5.75 Å². The van der Waals surface area contributed by atoms with Crippen LogP contribution in [0.25, 0.3) is 10.9 Å². The van der Waals surface area contributed by atoms with Crippen molar-refractivity contribution < 1.29 is 14.3 Å². The zero-order valence-corrected chi connectivity index (χ0v) is 14.5. The Morgan fingerprint density at radius 1 is 1.36 bits per heavy atom. The predicted octanol–water partition coefficient (Wildman–Crippen LogP) is 3.10. The van der Waals surface area contributed by atoms with Gasteiger partial charge in [0.05, 0.1) is 24.5 Å². The normalized spacial score (nSPS) is 16.6. The molecular weight excluding hydrogens is 318 g/mol. The van der Waals surface area contributed by atoms with Gasteiger partial charge in [-0.3, -0.25) is 4.79 Å². The number of allylic oxidation sites excluding steroid dienone is 2. The number of fused-ring (bicyclic) bond motifs is 1. The van der Waals surface area contributed by atoms with Crippen LogP contribution in [0.15, 0.2) is 29.5 Å². The lowest BCUT2D eigenvalue weighted by molar-refractivity contribution is 0.0253. The molecule has 1 aromatic carbocycles. The summed E-state index contributed by atoms with van der Waals surface area (Å²) >= 11 is 0. The van der Waals surface area contributed by atoms with Gasteiger partial charge in [-0.1, -0.05) is 0 Å². The monoisotopic (exact) mass is 341 g/mol. The number of ketones is 1. The van der Waals surface area contributed by atoms with Crippen molar-refractivity contribution in [3.8, 4) is 5.75 Å². The van der Waals surface area contributed by atoms with Crippen LogP contribution in [0.2, 0.25) is 0 Å². The molecule has 0 amide bonds. The molecule has 2 heterocycles. The fraction of sp³-hybridized carbons (Fsp3) is 0.368. The molecule has 0 spiro atoms. The molecule has 4 N–H and O–H groups in total. The van der Waals surface area contributed by atoms with Crippen molar-refractivity contribution >= 4 is 22.9 Å². The third-order valence-corrected chi connectivity index (χ3v) is 4.44. The average molecular weight is 341 g/mol. The van der Waals surface area contributed by atoms with E-state index in [1.165, 1.54) is 0 Å². The highest BCUT2D eigenvalue weighted by Crippen LogP contribution is 2.28. The number of aryl methyl sites for hydroxylation is 1. The van der Waals surface area contributed by atoms with E-state index in [4.69, 9.17) is 20.6 Å². The Morgan fingerprint density at radius 3 is 2.72 bits per heavy atom. The van der Waals surface area contributed by atoms with Crippen molar-refractivity contribution in [2.45, 2.75) is 32.8 Å². The summed E-state index contributed by atoms with van der Waals surface area (Å²) in [5, 5.41) is 8.32. The Labute approximate surface area is 146 Å². The first-order valence-corrected chi connectivity index (χ1v) is 8.39. The number of hydrogen-bond acceptors (Lipinski definition) is 5. The third kappa shape index (κ3) is 3.58. The molecule has 0 bridgehead atoms. The smallest absolute Gasteiger partial charge is 0.212 e. The molecule has 1 aliphatic rings. The number of ether oxygens (including phenoxy) is 2. The number of benzene rings is 1. The van der Waals surface area contributed by atoms with E-state index in [2.05, 4.69) is 4.98 Å². The van der Waals surface area contributed by atoms with E-state index in [1.807, 2.05) is 19.1 Å². The van der Waals surface area contributed by atoms with Crippen LogP contribution in [0.3, 0.4) is 0 Å². The predicted molar refractivity (Wildman–Crippen MR) is 97.5 cm³/mol. The SMILES string of the molecule is C/C(N)=C(\C=N)C(=O)c1cc2cc(C)c(OC3CCOCC3)cc2[nH]1. The van der Waals surface area contributed by atoms with E-state index in [0.29, 0.717) is 11.4 Å². The first-order chi connectivity index (χ1) is 12.0. The number of carbonyl (C=O) groups excluding carboxylic acids is 1. The summed E-state index contributed by atoms with van der Waals surface area (Å²) in [7, 11) is 0. The van der Waals surface area contributed by atoms with Gasteiger partial charge < -0.3 is 25.6 Å². The Kier molecular flexibility index (Phi) is 4.90. The number of nitrogens with two attached hydrogens (primary N) is 1. The Morgan fingerprint density at radius 2 is 2.08 bits per heavy atom. The van der Waals surface area contributed by atoms with Gasteiger partial charge in [-0.15, -0.1) is 0 Å². The van der Waals surface area contributed by atoms with Gasteiger partial charge in [0.15, 0.2) is 0 Å². The van der Waals surface area contributed by atoms with Crippen LogP contribution < -0.4 is 10.5 Å². The summed E-state index contributed by atoms with van der Waals surface area (Å²) in [6, 6.07) is 5.72. The summed E-state index contributed by atoms with van der Waals surface area (Å²) in [6.45, 7) is 5.06. The summed E-state index contributed by atoms with van der Waals surface area (Å²) in [4.78, 5) is 15.6. The Hall–Kier alpha value is -2.60. The number of nitrogens with one attached hydrogen (secondary N) is 2. The number of rotatable bonds is 5. The molecule has 6 nitrogen and oxygen atoms in total. The van der Waals surface area contributed by atoms with Gasteiger partial charge in [0, 0.05) is 41.7 Å². The molecule has 6 heteroatoms. The highest BCUT2D eigenvalue weighted by molar-refractivity contribution is 6.21. The molecule has 0 radical (unpaired) electrons. The number of aromatic nitrogens is 1. The maximum atomic E-state index is 12.5. The maximum Gasteiger partial charge on any atom is 0.212 e. The van der Waals surface area contributed by atoms with Crippen LogP contribution in [-0.2, 0) is 4.74 Å². The lowest BCUT2D eigenvalue weighted by Gasteiger charge is -2.24. The van der Waals surface area contributed by atoms with Gasteiger partial charge in [-0.05, 0) is 31.5 Å². The molecule has 1 aliphatic heterocycles. The molecule has 1 aromatic heterocycles. The maximum absolute atomic E-state index is 12.5. The minimum atomic E-state index is -0.282. The topological polar surface area (TPSA) is 101 Å². The number of aromatic amines is 1. The first kappa shape index (κ1) is 17.2. The third-order valence-electron chi connectivity index (χ3n) is 4.44. The van der Waals surface area contributed by atoms with Crippen molar-refractivity contribution in [3.63, 3.8) is 0 Å². The van der Waals surface area contributed by atoms with Gasteiger partial charge >= 0.3 is 0 Å². The quantitative estimate of drug-likeness (QED) is 0.442. The number of Topliss-reactive ketones (excluding diaryl/α,β-unsaturated/α-hetero) is 1. The van der Waals surface area contributed by atoms with E-state index >= 15 is 0 Å². The van der Waals surface area contributed by atoms with Crippen LogP contribution in [0.1, 0.15) is 35.8 Å². The van der Waals surface area contributed by atoms with Gasteiger partial charge in [0.1, 0.15) is 11.9 Å². The first-order valence-electron chi connectivity index (χ1n) is 8.39. The lowest BCUT2D eigenvalue weighted by Crippen LogP contribution is -2.26. The molecule has 2 aromatic rings. The molecule has 0 unspecified atom stereocenters. The van der Waals surface area contributed by atoms with Gasteiger partial charge in [-0.25, -0.2) is 0 Å².